The van der Waals surface area contributed by atoms with Gasteiger partial charge in [0.25, 0.3) is 5.91 Å². The number of carbonyl (C=O) groups is 1. The highest BCUT2D eigenvalue weighted by Crippen LogP contribution is 2.32. The van der Waals surface area contributed by atoms with Gasteiger partial charge in [-0.2, -0.15) is 0 Å². The number of aromatic hydroxyl groups is 1. The summed E-state index contributed by atoms with van der Waals surface area (Å²) < 4.78 is 0. The van der Waals surface area contributed by atoms with Gasteiger partial charge in [0.15, 0.2) is 5.75 Å². The number of benzene rings is 2. The largest absolute Gasteiger partial charge is 0.505 e. The number of hydrogen-bond donors (Lipinski definition) is 2. The molecule has 0 aliphatic heterocycles. The summed E-state index contributed by atoms with van der Waals surface area (Å²) in [5.74, 6) is 0.453. The number of thioether (sulfide) groups is 1. The van der Waals surface area contributed by atoms with Crippen molar-refractivity contribution in [3.63, 3.8) is 0 Å². The van der Waals surface area contributed by atoms with Crippen LogP contribution in [0.25, 0.3) is 0 Å². The molecule has 0 heterocycles. The molecule has 1 amide bonds. The van der Waals surface area contributed by atoms with Crippen LogP contribution in [0.4, 0.5) is 0 Å². The van der Waals surface area contributed by atoms with E-state index < -0.39 is 0 Å². The minimum absolute atomic E-state index is 0.0669. The lowest BCUT2D eigenvalue weighted by Gasteiger charge is -2.07. The molecule has 0 saturated carbocycles. The van der Waals surface area contributed by atoms with Gasteiger partial charge in [-0.3, -0.25) is 4.79 Å². The Balaban J connectivity index is 1.76. The quantitative estimate of drug-likeness (QED) is 0.587. The molecular formula is C16H15Cl2NO2S. The second-order valence-corrected chi connectivity index (χ2v) is 6.54. The first-order valence-electron chi connectivity index (χ1n) is 6.72. The van der Waals surface area contributed by atoms with E-state index in [1.807, 2.05) is 18.2 Å². The van der Waals surface area contributed by atoms with Gasteiger partial charge >= 0.3 is 0 Å². The van der Waals surface area contributed by atoms with Crippen LogP contribution in [0, 0.1) is 0 Å². The Labute approximate surface area is 143 Å². The minimum atomic E-state index is -0.256. The van der Waals surface area contributed by atoms with E-state index in [0.29, 0.717) is 12.1 Å². The van der Waals surface area contributed by atoms with E-state index >= 15 is 0 Å². The van der Waals surface area contributed by atoms with E-state index in [2.05, 4.69) is 17.4 Å². The van der Waals surface area contributed by atoms with Gasteiger partial charge in [-0.25, -0.2) is 0 Å². The summed E-state index contributed by atoms with van der Waals surface area (Å²) >= 11 is 13.3. The molecule has 0 fully saturated rings. The number of amides is 1. The van der Waals surface area contributed by atoms with Gasteiger partial charge in [-0.1, -0.05) is 41.4 Å². The van der Waals surface area contributed by atoms with Crippen LogP contribution in [0.2, 0.25) is 10.0 Å². The highest BCUT2D eigenvalue weighted by atomic mass is 35.5. The molecule has 3 nitrogen and oxygen atoms in total. The van der Waals surface area contributed by atoms with E-state index in [9.17, 15) is 9.90 Å². The summed E-state index contributed by atoms with van der Waals surface area (Å²) in [6.45, 7) is 0.564. The van der Waals surface area contributed by atoms with Crippen LogP contribution in [0.15, 0.2) is 47.4 Å². The first kappa shape index (κ1) is 17.0. The molecule has 0 aromatic heterocycles. The Morgan fingerprint density at radius 1 is 1.14 bits per heavy atom. The molecule has 2 rings (SSSR count). The average Bonchev–Trinajstić information content (AvgIpc) is 2.52. The first-order chi connectivity index (χ1) is 10.6. The molecular weight excluding hydrogens is 341 g/mol. The number of phenolic OH excluding ortho intramolecular Hbond substituents is 1. The van der Waals surface area contributed by atoms with Crippen LogP contribution in [-0.2, 0) is 0 Å². The number of carbonyl (C=O) groups excluding carboxylic acids is 1. The summed E-state index contributed by atoms with van der Waals surface area (Å²) in [5.41, 5.74) is 0.337. The Hall–Kier alpha value is -1.36. The van der Waals surface area contributed by atoms with Crippen molar-refractivity contribution in [1.29, 1.82) is 0 Å². The first-order valence-corrected chi connectivity index (χ1v) is 8.46. The fraction of sp³-hybridized carbons (Fsp3) is 0.188. The fourth-order valence-electron chi connectivity index (χ4n) is 1.78. The molecule has 22 heavy (non-hydrogen) atoms. The summed E-state index contributed by atoms with van der Waals surface area (Å²) in [6, 6.07) is 12.9. The van der Waals surface area contributed by atoms with Crippen molar-refractivity contribution in [3.05, 3.63) is 58.1 Å². The van der Waals surface area contributed by atoms with Crippen LogP contribution in [0.1, 0.15) is 16.8 Å². The second kappa shape index (κ2) is 8.32. The lowest BCUT2D eigenvalue weighted by Crippen LogP contribution is -2.24. The predicted molar refractivity (Wildman–Crippen MR) is 92.2 cm³/mol. The molecule has 0 radical (unpaired) electrons. The molecule has 0 aliphatic rings. The second-order valence-electron chi connectivity index (χ2n) is 4.56. The number of rotatable bonds is 6. The van der Waals surface area contributed by atoms with Crippen molar-refractivity contribution in [2.75, 3.05) is 12.3 Å². The molecule has 116 valence electrons. The molecule has 0 bridgehead atoms. The highest BCUT2D eigenvalue weighted by molar-refractivity contribution is 7.99. The van der Waals surface area contributed by atoms with E-state index in [1.54, 1.807) is 11.8 Å². The van der Waals surface area contributed by atoms with Crippen molar-refractivity contribution >= 4 is 40.9 Å². The number of hydrogen-bond acceptors (Lipinski definition) is 3. The maximum absolute atomic E-state index is 12.0. The molecule has 2 aromatic carbocycles. The van der Waals surface area contributed by atoms with Crippen molar-refractivity contribution in [2.45, 2.75) is 11.3 Å². The van der Waals surface area contributed by atoms with E-state index in [1.165, 1.54) is 17.0 Å². The maximum atomic E-state index is 12.0. The molecule has 6 heteroatoms. The number of nitrogens with one attached hydrogen (secondary N) is 1. The third-order valence-corrected chi connectivity index (χ3v) is 4.57. The standard InChI is InChI=1S/C16H15Cl2NO2S/c17-13-9-11(10-14(18)15(13)20)16(21)19-7-4-8-22-12-5-2-1-3-6-12/h1-3,5-6,9-10,20H,4,7-8H2,(H,19,21). The van der Waals surface area contributed by atoms with Crippen molar-refractivity contribution in [1.82, 2.24) is 5.32 Å². The van der Waals surface area contributed by atoms with Crippen LogP contribution >= 0.6 is 35.0 Å². The smallest absolute Gasteiger partial charge is 0.251 e. The van der Waals surface area contributed by atoms with Gasteiger partial charge in [-0.15, -0.1) is 11.8 Å². The van der Waals surface area contributed by atoms with Crippen molar-refractivity contribution < 1.29 is 9.90 Å². The zero-order valence-corrected chi connectivity index (χ0v) is 14.0. The van der Waals surface area contributed by atoms with Crippen LogP contribution in [0.3, 0.4) is 0 Å². The summed E-state index contributed by atoms with van der Waals surface area (Å²) in [7, 11) is 0. The summed E-state index contributed by atoms with van der Waals surface area (Å²) in [5, 5.41) is 12.4. The van der Waals surface area contributed by atoms with Crippen molar-refractivity contribution in [2.24, 2.45) is 0 Å². The zero-order chi connectivity index (χ0) is 15.9. The lowest BCUT2D eigenvalue weighted by molar-refractivity contribution is 0.0954. The molecule has 0 atom stereocenters. The highest BCUT2D eigenvalue weighted by Gasteiger charge is 2.11. The minimum Gasteiger partial charge on any atom is -0.505 e. The molecule has 0 spiro atoms. The van der Waals surface area contributed by atoms with Crippen LogP contribution < -0.4 is 5.32 Å². The van der Waals surface area contributed by atoms with E-state index in [-0.39, 0.29) is 21.7 Å². The normalized spacial score (nSPS) is 10.5. The fourth-order valence-corrected chi connectivity index (χ4v) is 3.14. The Morgan fingerprint density at radius 2 is 1.77 bits per heavy atom. The third kappa shape index (κ3) is 4.83. The van der Waals surface area contributed by atoms with Gasteiger partial charge in [0.2, 0.25) is 0 Å². The van der Waals surface area contributed by atoms with Crippen LogP contribution in [0.5, 0.6) is 5.75 Å². The topological polar surface area (TPSA) is 49.3 Å². The van der Waals surface area contributed by atoms with Gasteiger partial charge < -0.3 is 10.4 Å². The average molecular weight is 356 g/mol. The van der Waals surface area contributed by atoms with Crippen molar-refractivity contribution in [3.8, 4) is 5.75 Å². The zero-order valence-electron chi connectivity index (χ0n) is 11.7. The molecule has 2 aromatic rings. The third-order valence-electron chi connectivity index (χ3n) is 2.90. The summed E-state index contributed by atoms with van der Waals surface area (Å²) in [6.07, 6.45) is 0.852. The van der Waals surface area contributed by atoms with E-state index in [4.69, 9.17) is 23.2 Å². The van der Waals surface area contributed by atoms with Gasteiger partial charge in [0, 0.05) is 17.0 Å². The Bertz CT molecular complexity index is 627. The molecule has 2 N–H and O–H groups in total. The molecule has 0 unspecified atom stereocenters. The van der Waals surface area contributed by atoms with Gasteiger partial charge in [-0.05, 0) is 36.4 Å². The maximum Gasteiger partial charge on any atom is 0.251 e. The van der Waals surface area contributed by atoms with Crippen LogP contribution in [-0.4, -0.2) is 23.3 Å². The Kier molecular flexibility index (Phi) is 6.43. The molecule has 0 aliphatic carbocycles. The Morgan fingerprint density at radius 3 is 2.41 bits per heavy atom. The predicted octanol–water partition coefficient (Wildman–Crippen LogP) is 4.61. The lowest BCUT2D eigenvalue weighted by atomic mass is 10.2. The SMILES string of the molecule is O=C(NCCCSc1ccccc1)c1cc(Cl)c(O)c(Cl)c1. The van der Waals surface area contributed by atoms with E-state index in [0.717, 1.165) is 12.2 Å². The summed E-state index contributed by atoms with van der Waals surface area (Å²) in [4.78, 5) is 13.2. The van der Waals surface area contributed by atoms with Gasteiger partial charge in [0.05, 0.1) is 10.0 Å². The number of halogens is 2. The van der Waals surface area contributed by atoms with Gasteiger partial charge in [0.1, 0.15) is 0 Å². The monoisotopic (exact) mass is 355 g/mol. The number of phenols is 1. The molecule has 0 saturated heterocycles.